The molecule has 4 aromatic carbocycles. The molecule has 7 aromatic rings. The molecule has 0 aliphatic carbocycles. The minimum Gasteiger partial charge on any atom is -0.418 e. The highest BCUT2D eigenvalue weighted by Crippen LogP contribution is 2.38. The second kappa shape index (κ2) is 18.9. The van der Waals surface area contributed by atoms with E-state index >= 15 is 0 Å². The number of aliphatic hydroxyl groups excluding tert-OH is 2. The van der Waals surface area contributed by atoms with Crippen LogP contribution in [0.4, 0.5) is 31.5 Å². The summed E-state index contributed by atoms with van der Waals surface area (Å²) >= 11 is 2.90. The Labute approximate surface area is 339 Å². The van der Waals surface area contributed by atoms with E-state index in [-0.39, 0.29) is 30.6 Å². The normalized spacial score (nSPS) is 12.7. The number of aromatic nitrogens is 2. The quantitative estimate of drug-likeness (QED) is 0.0582. The average Bonchev–Trinajstić information content (AvgIpc) is 4.01. The Morgan fingerprint density at radius 1 is 0.724 bits per heavy atom. The zero-order valence-electron chi connectivity index (χ0n) is 30.0. The van der Waals surface area contributed by atoms with Crippen LogP contribution in [-0.2, 0) is 4.79 Å². The van der Waals surface area contributed by atoms with Crippen molar-refractivity contribution in [2.75, 3.05) is 10.6 Å². The molecule has 0 fully saturated rings. The molecule has 58 heavy (non-hydrogen) atoms. The number of nitrogens with zero attached hydrogens (tertiary/aromatic N) is 4. The summed E-state index contributed by atoms with van der Waals surface area (Å²) in [6, 6.07) is 19.5. The first-order valence-electron chi connectivity index (χ1n) is 17.1. The molecule has 0 aliphatic heterocycles. The molecule has 0 saturated carbocycles. The average molecular weight is 823 g/mol. The highest BCUT2D eigenvalue weighted by atomic mass is 32.1. The van der Waals surface area contributed by atoms with Crippen molar-refractivity contribution < 1.29 is 33.0 Å². The van der Waals surface area contributed by atoms with Crippen molar-refractivity contribution in [3.05, 3.63) is 142 Å². The first kappa shape index (κ1) is 42.4. The van der Waals surface area contributed by atoms with Crippen LogP contribution < -0.4 is 21.5 Å². The van der Waals surface area contributed by atoms with Crippen LogP contribution in [-0.4, -0.2) is 50.5 Å². The fraction of sp³-hybridized carbons (Fsp3) is 0.171. The minimum atomic E-state index is -1.08. The predicted octanol–water partition coefficient (Wildman–Crippen LogP) is 9.02. The number of fused-ring (bicyclic) bond motifs is 2. The highest BCUT2D eigenvalue weighted by Gasteiger charge is 2.27. The van der Waals surface area contributed by atoms with E-state index in [2.05, 4.69) is 41.4 Å². The lowest BCUT2D eigenvalue weighted by Gasteiger charge is -2.22. The molecule has 0 spiro atoms. The van der Waals surface area contributed by atoms with Gasteiger partial charge in [0.25, 0.3) is 11.8 Å². The third-order valence-corrected chi connectivity index (χ3v) is 10.4. The fourth-order valence-electron chi connectivity index (χ4n) is 5.59. The van der Waals surface area contributed by atoms with Crippen LogP contribution in [0.1, 0.15) is 43.6 Å². The third-order valence-electron chi connectivity index (χ3n) is 8.51. The van der Waals surface area contributed by atoms with E-state index in [1.165, 1.54) is 53.9 Å². The van der Waals surface area contributed by atoms with Gasteiger partial charge in [0, 0.05) is 42.7 Å². The van der Waals surface area contributed by atoms with Crippen molar-refractivity contribution in [3.63, 3.8) is 0 Å². The molecule has 2 amide bonds. The van der Waals surface area contributed by atoms with Crippen LogP contribution in [0.25, 0.3) is 41.3 Å². The van der Waals surface area contributed by atoms with Crippen LogP contribution >= 0.6 is 22.7 Å². The van der Waals surface area contributed by atoms with Gasteiger partial charge in [-0.25, -0.2) is 18.5 Å². The SMILES string of the molecule is C.[C-]#[N+]c1ccc(N[C@@H](C(=O)NNC(=O)c2ccc(F)cc2)[C@@H](C)O)c2ccsc12.[C-]#[N+]c1ccc(N[C@@H](c2nnc(-c3ccc(F)cc3)o2)[C@@H](C)O)c2ccsc12. The number of aliphatic hydroxyl groups is 2. The summed E-state index contributed by atoms with van der Waals surface area (Å²) in [4.78, 5) is 31.6. The number of thiophene rings is 2. The molecule has 0 unspecified atom stereocenters. The van der Waals surface area contributed by atoms with Gasteiger partial charge in [-0.2, -0.15) is 22.7 Å². The minimum absolute atomic E-state index is 0. The molecule has 6 N–H and O–H groups in total. The van der Waals surface area contributed by atoms with Crippen molar-refractivity contribution in [3.8, 4) is 11.5 Å². The Morgan fingerprint density at radius 3 is 1.78 bits per heavy atom. The molecule has 17 heteroatoms. The molecule has 3 aromatic heterocycles. The zero-order valence-corrected chi connectivity index (χ0v) is 31.7. The van der Waals surface area contributed by atoms with Gasteiger partial charge in [0.05, 0.1) is 25.4 Å². The molecular formula is C41H36F2N8O5S2. The maximum absolute atomic E-state index is 13.1. The molecule has 296 valence electrons. The fourth-order valence-corrected chi connectivity index (χ4v) is 7.35. The van der Waals surface area contributed by atoms with Crippen LogP contribution in [0.15, 0.2) is 100 Å². The largest absolute Gasteiger partial charge is 0.418 e. The van der Waals surface area contributed by atoms with Crippen molar-refractivity contribution in [1.82, 2.24) is 21.0 Å². The third kappa shape index (κ3) is 9.60. The van der Waals surface area contributed by atoms with Crippen LogP contribution in [0, 0.1) is 24.8 Å². The summed E-state index contributed by atoms with van der Waals surface area (Å²) < 4.78 is 33.4. The lowest BCUT2D eigenvalue weighted by atomic mass is 10.1. The van der Waals surface area contributed by atoms with Crippen LogP contribution in [0.2, 0.25) is 0 Å². The van der Waals surface area contributed by atoms with E-state index in [0.717, 1.165) is 38.0 Å². The lowest BCUT2D eigenvalue weighted by molar-refractivity contribution is -0.124. The summed E-state index contributed by atoms with van der Waals surface area (Å²) in [6.07, 6.45) is -1.90. The number of halogens is 2. The molecule has 0 radical (unpaired) electrons. The Hall–Kier alpha value is -6.76. The van der Waals surface area contributed by atoms with Gasteiger partial charge in [0.15, 0.2) is 0 Å². The maximum atomic E-state index is 13.1. The summed E-state index contributed by atoms with van der Waals surface area (Å²) in [7, 11) is 0. The second-order valence-corrected chi connectivity index (χ2v) is 14.3. The van der Waals surface area contributed by atoms with Gasteiger partial charge in [-0.05, 0) is 97.4 Å². The predicted molar refractivity (Wildman–Crippen MR) is 222 cm³/mol. The number of rotatable bonds is 10. The number of amides is 2. The smallest absolute Gasteiger partial charge is 0.269 e. The van der Waals surface area contributed by atoms with Crippen LogP contribution in [0.5, 0.6) is 0 Å². The topological polar surface area (TPSA) is 170 Å². The van der Waals surface area contributed by atoms with Crippen molar-refractivity contribution in [1.29, 1.82) is 0 Å². The van der Waals surface area contributed by atoms with Gasteiger partial charge in [-0.3, -0.25) is 20.4 Å². The summed E-state index contributed by atoms with van der Waals surface area (Å²) in [6.45, 7) is 17.6. The van der Waals surface area contributed by atoms with E-state index in [9.17, 15) is 28.6 Å². The van der Waals surface area contributed by atoms with Gasteiger partial charge in [0.1, 0.15) is 23.7 Å². The number of anilines is 2. The molecule has 7 rings (SSSR count). The van der Waals surface area contributed by atoms with Gasteiger partial charge >= 0.3 is 0 Å². The Bertz CT molecular complexity index is 2610. The number of hydrazine groups is 1. The number of carbonyl (C=O) groups is 2. The van der Waals surface area contributed by atoms with E-state index in [1.807, 2.05) is 22.9 Å². The number of nitrogens with one attached hydrogen (secondary N) is 4. The molecule has 13 nitrogen and oxygen atoms in total. The Balaban J connectivity index is 0.000000217. The maximum Gasteiger partial charge on any atom is 0.269 e. The summed E-state index contributed by atoms with van der Waals surface area (Å²) in [5.74, 6) is -1.65. The molecule has 0 bridgehead atoms. The zero-order chi connectivity index (χ0) is 40.6. The van der Waals surface area contributed by atoms with Gasteiger partial charge in [0.2, 0.25) is 23.2 Å². The van der Waals surface area contributed by atoms with Crippen LogP contribution in [0.3, 0.4) is 0 Å². The van der Waals surface area contributed by atoms with Crippen molar-refractivity contribution in [2.45, 2.75) is 45.6 Å². The lowest BCUT2D eigenvalue weighted by Crippen LogP contribution is -2.52. The van der Waals surface area contributed by atoms with E-state index in [1.54, 1.807) is 43.3 Å². The number of carbonyl (C=O) groups excluding carboxylic acids is 2. The summed E-state index contributed by atoms with van der Waals surface area (Å²) in [5, 5.41) is 40.0. The van der Waals surface area contributed by atoms with E-state index in [4.69, 9.17) is 17.6 Å². The van der Waals surface area contributed by atoms with Gasteiger partial charge in [-0.15, -0.1) is 10.2 Å². The summed E-state index contributed by atoms with van der Waals surface area (Å²) in [5.41, 5.74) is 7.69. The molecule has 4 atom stereocenters. The first-order chi connectivity index (χ1) is 27.5. The van der Waals surface area contributed by atoms with E-state index < -0.39 is 41.9 Å². The molecule has 0 saturated heterocycles. The van der Waals surface area contributed by atoms with Crippen molar-refractivity contribution in [2.24, 2.45) is 0 Å². The Morgan fingerprint density at radius 2 is 1.26 bits per heavy atom. The monoisotopic (exact) mass is 822 g/mol. The van der Waals surface area contributed by atoms with Gasteiger partial charge < -0.3 is 25.3 Å². The van der Waals surface area contributed by atoms with E-state index in [0.29, 0.717) is 22.6 Å². The standard InChI is InChI=1S/C20H17FN4O3S.C20H15FN4O2S.CH4/c1-11(26)17(20(28)25-24-19(27)12-3-5-13(21)6-4-12)23-15-7-8-16(22-2)18-14(15)9-10-29-18;1-11(26)17(20-25-24-19(27-20)12-3-5-13(21)6-4-12)23-15-7-8-16(22-2)18-14(15)9-10-28-18;/h3-11,17,23,26H,1H3,(H,24,27)(H,25,28);3-11,17,23,26H,1H3;1H4/t2*11-,17-;/m11./s1. The number of benzene rings is 4. The first-order valence-corrected chi connectivity index (χ1v) is 18.8. The van der Waals surface area contributed by atoms with Crippen molar-refractivity contribution >= 4 is 77.4 Å². The number of hydrogen-bond acceptors (Lipinski definition) is 11. The molecular weight excluding hydrogens is 787 g/mol. The Kier molecular flexibility index (Phi) is 13.8. The second-order valence-electron chi connectivity index (χ2n) is 12.4. The highest BCUT2D eigenvalue weighted by molar-refractivity contribution is 7.18. The molecule has 3 heterocycles. The van der Waals surface area contributed by atoms with Gasteiger partial charge in [-0.1, -0.05) is 19.6 Å². The number of hydrogen-bond donors (Lipinski definition) is 6. The molecule has 0 aliphatic rings.